The monoisotopic (exact) mass is 558 g/mol. The summed E-state index contributed by atoms with van der Waals surface area (Å²) in [6.07, 6.45) is 3.40. The van der Waals surface area contributed by atoms with E-state index in [1.807, 2.05) is 0 Å². The predicted octanol–water partition coefficient (Wildman–Crippen LogP) is -1.31. The van der Waals surface area contributed by atoms with Gasteiger partial charge >= 0.3 is 22.5 Å². The van der Waals surface area contributed by atoms with E-state index in [4.69, 9.17) is 8.57 Å². The first kappa shape index (κ1) is 25.0. The highest BCUT2D eigenvalue weighted by molar-refractivity contribution is 7.81. The molecule has 2 atom stereocenters. The van der Waals surface area contributed by atoms with Gasteiger partial charge in [0.2, 0.25) is 0 Å². The minimum atomic E-state index is -4.98. The van der Waals surface area contributed by atoms with E-state index in [-0.39, 0.29) is 37.3 Å². The molecule has 6 rings (SSSR count). The summed E-state index contributed by atoms with van der Waals surface area (Å²) in [5, 5.41) is 9.73. The second kappa shape index (κ2) is 8.85. The first-order chi connectivity index (χ1) is 18.5. The summed E-state index contributed by atoms with van der Waals surface area (Å²) in [5.41, 5.74) is 1.07. The summed E-state index contributed by atoms with van der Waals surface area (Å²) in [4.78, 5) is 52.1. The first-order valence-electron chi connectivity index (χ1n) is 11.8. The second-order valence-corrected chi connectivity index (χ2v) is 10.4. The molecule has 204 valence electrons. The van der Waals surface area contributed by atoms with Crippen LogP contribution in [0.3, 0.4) is 0 Å². The fourth-order valence-corrected chi connectivity index (χ4v) is 5.71. The Morgan fingerprint density at radius 2 is 1.13 bits per heavy atom. The highest BCUT2D eigenvalue weighted by Gasteiger charge is 2.49. The Hall–Kier alpha value is -4.35. The Morgan fingerprint density at radius 1 is 0.718 bits per heavy atom. The molecule has 4 amide bonds. The van der Waals surface area contributed by atoms with E-state index < -0.39 is 34.5 Å². The van der Waals surface area contributed by atoms with Crippen LogP contribution in [0.4, 0.5) is 9.59 Å². The summed E-state index contributed by atoms with van der Waals surface area (Å²) in [5.74, 6) is 0. The van der Waals surface area contributed by atoms with Crippen LogP contribution in [0.2, 0.25) is 0 Å². The van der Waals surface area contributed by atoms with Crippen molar-refractivity contribution in [3.8, 4) is 0 Å². The van der Waals surface area contributed by atoms with E-state index >= 15 is 0 Å². The molecule has 6 heterocycles. The first-order valence-corrected chi connectivity index (χ1v) is 13.2. The number of aromatic nitrogens is 4. The van der Waals surface area contributed by atoms with E-state index in [0.717, 1.165) is 9.36 Å². The van der Waals surface area contributed by atoms with Crippen molar-refractivity contribution in [1.82, 2.24) is 39.5 Å². The molecule has 2 aromatic rings. The van der Waals surface area contributed by atoms with Crippen molar-refractivity contribution in [1.29, 1.82) is 0 Å². The van der Waals surface area contributed by atoms with Crippen LogP contribution in [0, 0.1) is 0 Å². The molecule has 4 bridgehead atoms. The third kappa shape index (κ3) is 4.19. The van der Waals surface area contributed by atoms with E-state index in [2.05, 4.69) is 10.2 Å². The molecule has 2 saturated heterocycles. The van der Waals surface area contributed by atoms with Gasteiger partial charge in [0, 0.05) is 50.5 Å². The van der Waals surface area contributed by atoms with Gasteiger partial charge in [-0.25, -0.2) is 19.0 Å². The van der Waals surface area contributed by atoms with E-state index in [9.17, 15) is 27.6 Å². The quantitative estimate of drug-likeness (QED) is 0.415. The lowest BCUT2D eigenvalue weighted by Gasteiger charge is -2.26. The van der Waals surface area contributed by atoms with Gasteiger partial charge in [-0.3, -0.25) is 9.59 Å². The molecule has 39 heavy (non-hydrogen) atoms. The molecule has 0 radical (unpaired) electrons. The highest BCUT2D eigenvalue weighted by atomic mass is 32.3. The van der Waals surface area contributed by atoms with Gasteiger partial charge in [-0.15, -0.1) is 8.57 Å². The lowest BCUT2D eigenvalue weighted by Crippen LogP contribution is -2.42. The molecule has 0 aromatic carbocycles. The molecule has 17 heteroatoms. The number of hydrogen-bond acceptors (Lipinski definition) is 10. The molecule has 0 spiro atoms. The topological polar surface area (TPSA) is 169 Å². The molecule has 0 aliphatic carbocycles. The molecule has 2 aromatic heterocycles. The Kier molecular flexibility index (Phi) is 5.67. The molecule has 16 nitrogen and oxygen atoms in total. The molecule has 2 fully saturated rings. The van der Waals surface area contributed by atoms with Crippen molar-refractivity contribution in [2.24, 2.45) is 14.1 Å². The van der Waals surface area contributed by atoms with Crippen LogP contribution >= 0.6 is 0 Å². The third-order valence-corrected chi connectivity index (χ3v) is 7.59. The van der Waals surface area contributed by atoms with E-state index in [0.29, 0.717) is 32.7 Å². The largest absolute Gasteiger partial charge is 0.442 e. The van der Waals surface area contributed by atoms with Crippen LogP contribution in [0.15, 0.2) is 46.0 Å². The lowest BCUT2D eigenvalue weighted by atomic mass is 10.0. The van der Waals surface area contributed by atoms with Gasteiger partial charge < -0.3 is 9.80 Å². The molecule has 0 saturated carbocycles. The van der Waals surface area contributed by atoms with Crippen molar-refractivity contribution < 1.29 is 26.6 Å². The molecule has 0 N–H and O–H groups in total. The number of amides is 4. The van der Waals surface area contributed by atoms with Crippen LogP contribution < -0.4 is 11.1 Å². The molecule has 4 aliphatic heterocycles. The summed E-state index contributed by atoms with van der Waals surface area (Å²) in [6, 6.07) is 2.43. The highest BCUT2D eigenvalue weighted by Crippen LogP contribution is 2.35. The maximum atomic E-state index is 13.1. The number of carbonyl (C=O) groups excluding carboxylic acids is 2. The predicted molar refractivity (Wildman–Crippen MR) is 131 cm³/mol. The van der Waals surface area contributed by atoms with Gasteiger partial charge in [0.1, 0.15) is 12.1 Å². The summed E-state index contributed by atoms with van der Waals surface area (Å²) < 4.78 is 38.6. The van der Waals surface area contributed by atoms with Gasteiger partial charge in [-0.2, -0.15) is 28.7 Å². The van der Waals surface area contributed by atoms with Crippen LogP contribution in [0.5, 0.6) is 0 Å². The maximum absolute atomic E-state index is 13.1. The van der Waals surface area contributed by atoms with Crippen LogP contribution in [-0.4, -0.2) is 98.2 Å². The number of hydrogen-bond donors (Lipinski definition) is 0. The normalized spacial score (nSPS) is 22.5. The Labute approximate surface area is 220 Å². The SMILES string of the molecule is Cn1nc(C2=CCN3CC2N(OS(=O)(=O)ON2C(=O)N4CC=C(c5ccc(=O)n(C)n5)C2C4)C3=O)ccc1=O. The van der Waals surface area contributed by atoms with Crippen LogP contribution in [0.1, 0.15) is 11.4 Å². The molecule has 2 unspecified atom stereocenters. The molecule has 4 aliphatic rings. The van der Waals surface area contributed by atoms with Gasteiger partial charge in [0.15, 0.2) is 0 Å². The fraction of sp³-hybridized carbons (Fsp3) is 0.364. The van der Waals surface area contributed by atoms with Crippen LogP contribution in [-0.2, 0) is 33.1 Å². The van der Waals surface area contributed by atoms with Crippen molar-refractivity contribution in [3.63, 3.8) is 0 Å². The third-order valence-electron chi connectivity index (χ3n) is 6.91. The Bertz CT molecular complexity index is 1580. The van der Waals surface area contributed by atoms with E-state index in [1.165, 1.54) is 48.2 Å². The second-order valence-electron chi connectivity index (χ2n) is 9.30. The average Bonchev–Trinajstić information content (AvgIpc) is 3.27. The number of fused-ring (bicyclic) bond motifs is 4. The smallest absolute Gasteiger partial charge is 0.317 e. The zero-order chi connectivity index (χ0) is 27.6. The minimum Gasteiger partial charge on any atom is -0.317 e. The fourth-order valence-electron chi connectivity index (χ4n) is 4.95. The molecular weight excluding hydrogens is 536 g/mol. The number of aryl methyl sites for hydroxylation is 2. The van der Waals surface area contributed by atoms with Gasteiger partial charge in [-0.05, 0) is 12.1 Å². The number of urea groups is 2. The summed E-state index contributed by atoms with van der Waals surface area (Å²) >= 11 is 0. The standard InChI is InChI=1S/C22H22N8O8S/c1-25-19(31)5-3-15(23-25)13-7-9-27-11-17(13)29(21(27)33)37-39(35,36)38-30-18-12-28(22(30)34)10-8-14(18)16-4-6-20(32)26(2)24-16/h3-8,17-18H,9-12H2,1-2H3. The Balaban J connectivity index is 1.24. The number of hydroxylamine groups is 4. The van der Waals surface area contributed by atoms with Gasteiger partial charge in [0.25, 0.3) is 11.1 Å². The number of rotatable bonds is 6. The van der Waals surface area contributed by atoms with Gasteiger partial charge in [-0.1, -0.05) is 12.2 Å². The molecular formula is C22H22N8O8S. The van der Waals surface area contributed by atoms with Crippen molar-refractivity contribution in [2.75, 3.05) is 26.2 Å². The van der Waals surface area contributed by atoms with Gasteiger partial charge in [0.05, 0.1) is 24.5 Å². The van der Waals surface area contributed by atoms with Crippen molar-refractivity contribution in [2.45, 2.75) is 12.1 Å². The zero-order valence-corrected chi connectivity index (χ0v) is 21.5. The number of nitrogens with zero attached hydrogens (tertiary/aromatic N) is 8. The average molecular weight is 559 g/mol. The van der Waals surface area contributed by atoms with Crippen LogP contribution in [0.25, 0.3) is 11.1 Å². The lowest BCUT2D eigenvalue weighted by molar-refractivity contribution is -0.0702. The maximum Gasteiger partial charge on any atom is 0.442 e. The summed E-state index contributed by atoms with van der Waals surface area (Å²) in [6.45, 7) is 0.598. The Morgan fingerprint density at radius 3 is 1.51 bits per heavy atom. The van der Waals surface area contributed by atoms with E-state index in [1.54, 1.807) is 12.2 Å². The van der Waals surface area contributed by atoms with Crippen molar-refractivity contribution in [3.05, 3.63) is 68.5 Å². The minimum absolute atomic E-state index is 0.120. The summed E-state index contributed by atoms with van der Waals surface area (Å²) in [7, 11) is -2.04. The zero-order valence-electron chi connectivity index (χ0n) is 20.7. The van der Waals surface area contributed by atoms with Crippen molar-refractivity contribution >= 4 is 33.6 Å². The number of carbonyl (C=O) groups is 2.